The number of rotatable bonds is 4. The molecule has 0 aromatic heterocycles. The Hall–Kier alpha value is -0.590. The third-order valence-corrected chi connectivity index (χ3v) is 1.09. The van der Waals surface area contributed by atoms with Crippen LogP contribution in [-0.2, 0) is 4.74 Å². The van der Waals surface area contributed by atoms with E-state index in [0.717, 1.165) is 0 Å². The highest BCUT2D eigenvalue weighted by atomic mass is 16.5. The fraction of sp³-hybridized carbons (Fsp3) is 0.857. The molecule has 0 aliphatic heterocycles. The molecule has 0 spiro atoms. The van der Waals surface area contributed by atoms with Gasteiger partial charge in [-0.15, -0.1) is 0 Å². The predicted octanol–water partition coefficient (Wildman–Crippen LogP) is 0.688. The molecule has 0 atom stereocenters. The fourth-order valence-corrected chi connectivity index (χ4v) is 0.419. The number of aliphatic hydroxyl groups is 1. The monoisotopic (exact) mass is 143 g/mol. The maximum absolute atomic E-state index is 8.69. The number of hydrogen-bond donors (Lipinski definition) is 1. The van der Waals surface area contributed by atoms with E-state index in [1.54, 1.807) is 13.8 Å². The largest absolute Gasteiger partial charge is 0.393 e. The van der Waals surface area contributed by atoms with Crippen LogP contribution in [0.3, 0.4) is 0 Å². The molecular formula is C7H13NO2. The highest BCUT2D eigenvalue weighted by Gasteiger charge is 2.15. The molecule has 0 radical (unpaired) electrons. The summed E-state index contributed by atoms with van der Waals surface area (Å²) in [7, 11) is 0. The lowest BCUT2D eigenvalue weighted by Gasteiger charge is -2.21. The lowest BCUT2D eigenvalue weighted by Crippen LogP contribution is -2.29. The van der Waals surface area contributed by atoms with Crippen molar-refractivity contribution in [2.75, 3.05) is 13.2 Å². The molecule has 0 aromatic rings. The Balaban J connectivity index is 3.39. The molecule has 0 bridgehead atoms. The minimum atomic E-state index is -0.503. The maximum atomic E-state index is 8.69. The van der Waals surface area contributed by atoms with E-state index < -0.39 is 5.60 Å². The summed E-state index contributed by atoms with van der Waals surface area (Å²) in [5.74, 6) is 0. The van der Waals surface area contributed by atoms with Crippen LogP contribution >= 0.6 is 0 Å². The summed E-state index contributed by atoms with van der Waals surface area (Å²) in [6.45, 7) is 3.94. The van der Waals surface area contributed by atoms with Crippen LogP contribution < -0.4 is 0 Å². The second-order valence-corrected chi connectivity index (χ2v) is 2.67. The van der Waals surface area contributed by atoms with Gasteiger partial charge in [-0.25, -0.2) is 0 Å². The lowest BCUT2D eigenvalue weighted by atomic mass is 10.1. The number of hydrogen-bond acceptors (Lipinski definition) is 3. The van der Waals surface area contributed by atoms with Gasteiger partial charge >= 0.3 is 0 Å². The van der Waals surface area contributed by atoms with E-state index in [1.807, 2.05) is 6.07 Å². The molecule has 0 saturated carbocycles. The summed E-state index contributed by atoms with van der Waals surface area (Å²) in [6, 6.07) is 1.96. The van der Waals surface area contributed by atoms with Crippen LogP contribution in [0.5, 0.6) is 0 Å². The first-order chi connectivity index (χ1) is 4.62. The molecule has 3 nitrogen and oxygen atoms in total. The van der Waals surface area contributed by atoms with Crippen molar-refractivity contribution in [3.05, 3.63) is 0 Å². The van der Waals surface area contributed by atoms with E-state index in [0.29, 0.717) is 13.0 Å². The van der Waals surface area contributed by atoms with Crippen LogP contribution in [-0.4, -0.2) is 23.9 Å². The summed E-state index contributed by atoms with van der Waals surface area (Å²) in [6.07, 6.45) is 0.378. The molecule has 0 saturated heterocycles. The molecule has 0 fully saturated rings. The van der Waals surface area contributed by atoms with Gasteiger partial charge in [0.2, 0.25) is 0 Å². The molecule has 3 heteroatoms. The molecular weight excluding hydrogens is 130 g/mol. The van der Waals surface area contributed by atoms with Gasteiger partial charge in [0, 0.05) is 0 Å². The molecule has 0 rings (SSSR count). The van der Waals surface area contributed by atoms with Gasteiger partial charge in [0.15, 0.2) is 0 Å². The SMILES string of the molecule is CC(C)(CO)OCCC#N. The second-order valence-electron chi connectivity index (χ2n) is 2.67. The molecule has 0 heterocycles. The van der Waals surface area contributed by atoms with Crippen LogP contribution in [0.2, 0.25) is 0 Å². The fourth-order valence-electron chi connectivity index (χ4n) is 0.419. The Bertz CT molecular complexity index is 126. The summed E-state index contributed by atoms with van der Waals surface area (Å²) in [4.78, 5) is 0. The van der Waals surface area contributed by atoms with Crippen LogP contribution in [0.15, 0.2) is 0 Å². The summed E-state index contributed by atoms with van der Waals surface area (Å²) in [5.41, 5.74) is -0.503. The van der Waals surface area contributed by atoms with Gasteiger partial charge in [-0.1, -0.05) is 0 Å². The first-order valence-electron chi connectivity index (χ1n) is 3.24. The number of nitriles is 1. The Kier molecular flexibility index (Phi) is 4.01. The van der Waals surface area contributed by atoms with E-state index in [9.17, 15) is 0 Å². The van der Waals surface area contributed by atoms with Crippen LogP contribution in [0.1, 0.15) is 20.3 Å². The third-order valence-electron chi connectivity index (χ3n) is 1.09. The molecule has 0 aliphatic carbocycles. The molecule has 1 N–H and O–H groups in total. The summed E-state index contributed by atoms with van der Waals surface area (Å²) in [5, 5.41) is 16.8. The van der Waals surface area contributed by atoms with E-state index in [4.69, 9.17) is 15.1 Å². The molecule has 10 heavy (non-hydrogen) atoms. The molecule has 0 unspecified atom stereocenters. The lowest BCUT2D eigenvalue weighted by molar-refractivity contribution is -0.0511. The Morgan fingerprint density at radius 3 is 2.60 bits per heavy atom. The highest BCUT2D eigenvalue weighted by molar-refractivity contribution is 4.71. The van der Waals surface area contributed by atoms with E-state index in [1.165, 1.54) is 0 Å². The first kappa shape index (κ1) is 9.41. The van der Waals surface area contributed by atoms with Crippen molar-refractivity contribution in [2.45, 2.75) is 25.9 Å². The van der Waals surface area contributed by atoms with Crippen LogP contribution in [0, 0.1) is 11.3 Å². The van der Waals surface area contributed by atoms with Gasteiger partial charge in [0.25, 0.3) is 0 Å². The van der Waals surface area contributed by atoms with Crippen molar-refractivity contribution in [3.8, 4) is 6.07 Å². The van der Waals surface area contributed by atoms with Gasteiger partial charge < -0.3 is 9.84 Å². The van der Waals surface area contributed by atoms with E-state index >= 15 is 0 Å². The van der Waals surface area contributed by atoms with Gasteiger partial charge in [0.1, 0.15) is 0 Å². The number of ether oxygens (including phenoxy) is 1. The topological polar surface area (TPSA) is 53.2 Å². The van der Waals surface area contributed by atoms with Crippen molar-refractivity contribution >= 4 is 0 Å². The van der Waals surface area contributed by atoms with Gasteiger partial charge in [0.05, 0.1) is 31.3 Å². The molecule has 58 valence electrons. The van der Waals surface area contributed by atoms with E-state index in [-0.39, 0.29) is 6.61 Å². The Morgan fingerprint density at radius 1 is 1.60 bits per heavy atom. The molecule has 0 aliphatic rings. The average Bonchev–Trinajstić information content (AvgIpc) is 1.89. The molecule has 0 amide bonds. The van der Waals surface area contributed by atoms with Crippen molar-refractivity contribution in [1.29, 1.82) is 5.26 Å². The smallest absolute Gasteiger partial charge is 0.0856 e. The van der Waals surface area contributed by atoms with E-state index in [2.05, 4.69) is 0 Å². The van der Waals surface area contributed by atoms with Gasteiger partial charge in [-0.2, -0.15) is 5.26 Å². The van der Waals surface area contributed by atoms with Crippen molar-refractivity contribution in [3.63, 3.8) is 0 Å². The Labute approximate surface area is 61.2 Å². The minimum absolute atomic E-state index is 0.0154. The third kappa shape index (κ3) is 4.30. The zero-order chi connectivity index (χ0) is 8.04. The van der Waals surface area contributed by atoms with Crippen LogP contribution in [0.25, 0.3) is 0 Å². The van der Waals surface area contributed by atoms with Crippen molar-refractivity contribution in [2.24, 2.45) is 0 Å². The average molecular weight is 143 g/mol. The van der Waals surface area contributed by atoms with Gasteiger partial charge in [-0.3, -0.25) is 0 Å². The zero-order valence-corrected chi connectivity index (χ0v) is 6.42. The van der Waals surface area contributed by atoms with Crippen molar-refractivity contribution < 1.29 is 9.84 Å². The summed E-state index contributed by atoms with van der Waals surface area (Å²) < 4.78 is 5.15. The zero-order valence-electron chi connectivity index (χ0n) is 6.42. The predicted molar refractivity (Wildman–Crippen MR) is 37.3 cm³/mol. The summed E-state index contributed by atoms with van der Waals surface area (Å²) >= 11 is 0. The number of nitrogens with zero attached hydrogens (tertiary/aromatic N) is 1. The quantitative estimate of drug-likeness (QED) is 0.589. The standard InChI is InChI=1S/C7H13NO2/c1-7(2,6-9)10-5-3-4-8/h9H,3,5-6H2,1-2H3. The van der Waals surface area contributed by atoms with Crippen molar-refractivity contribution in [1.82, 2.24) is 0 Å². The second kappa shape index (κ2) is 4.26. The minimum Gasteiger partial charge on any atom is -0.393 e. The first-order valence-corrected chi connectivity index (χ1v) is 3.24. The normalized spacial score (nSPS) is 11.0. The van der Waals surface area contributed by atoms with Gasteiger partial charge in [-0.05, 0) is 13.8 Å². The number of aliphatic hydroxyl groups excluding tert-OH is 1. The van der Waals surface area contributed by atoms with Crippen LogP contribution in [0.4, 0.5) is 0 Å². The highest BCUT2D eigenvalue weighted by Crippen LogP contribution is 2.06. The molecule has 0 aromatic carbocycles. The maximum Gasteiger partial charge on any atom is 0.0856 e. The Morgan fingerprint density at radius 2 is 2.20 bits per heavy atom.